The van der Waals surface area contributed by atoms with E-state index in [1.54, 1.807) is 11.1 Å². The number of hydrogen-bond acceptors (Lipinski definition) is 3. The third-order valence-electron chi connectivity index (χ3n) is 8.43. The predicted molar refractivity (Wildman–Crippen MR) is 114 cm³/mol. The highest BCUT2D eigenvalue weighted by Gasteiger charge is 2.55. The maximum atomic E-state index is 10.2. The SMILES string of the molecule is CC(NOCC(C)C)=C1CC[C@H]2C3=CC=C4CC(O)CC[C@]4(C)[C@H]3CC[C@]12C. The number of aliphatic hydroxyl groups excluding tert-OH is 1. The maximum absolute atomic E-state index is 10.2. The molecule has 2 N–H and O–H groups in total. The fourth-order valence-electron chi connectivity index (χ4n) is 6.80. The van der Waals surface area contributed by atoms with Gasteiger partial charge in [-0.3, -0.25) is 10.3 Å². The van der Waals surface area contributed by atoms with Crippen LogP contribution in [0.5, 0.6) is 0 Å². The van der Waals surface area contributed by atoms with Crippen LogP contribution in [0.2, 0.25) is 0 Å². The zero-order valence-electron chi connectivity index (χ0n) is 18.5. The molecule has 0 aromatic heterocycles. The fraction of sp³-hybridized carbons (Fsp3) is 0.760. The first-order chi connectivity index (χ1) is 13.3. The van der Waals surface area contributed by atoms with E-state index in [-0.39, 0.29) is 16.9 Å². The lowest BCUT2D eigenvalue weighted by atomic mass is 9.51. The van der Waals surface area contributed by atoms with Gasteiger partial charge in [-0.15, -0.1) is 0 Å². The van der Waals surface area contributed by atoms with Crippen LogP contribution in [0, 0.1) is 28.6 Å². The van der Waals surface area contributed by atoms with Crippen LogP contribution in [0.25, 0.3) is 0 Å². The van der Waals surface area contributed by atoms with Crippen molar-refractivity contribution in [2.45, 2.75) is 85.7 Å². The molecule has 0 aliphatic heterocycles. The second-order valence-electron chi connectivity index (χ2n) is 10.7. The van der Waals surface area contributed by atoms with E-state index in [0.29, 0.717) is 17.8 Å². The molecule has 3 nitrogen and oxygen atoms in total. The van der Waals surface area contributed by atoms with Crippen molar-refractivity contribution >= 4 is 0 Å². The molecular weight excluding hydrogens is 346 g/mol. The van der Waals surface area contributed by atoms with Gasteiger partial charge < -0.3 is 5.11 Å². The molecule has 28 heavy (non-hydrogen) atoms. The molecule has 156 valence electrons. The van der Waals surface area contributed by atoms with E-state index in [9.17, 15) is 5.11 Å². The van der Waals surface area contributed by atoms with Gasteiger partial charge in [-0.2, -0.15) is 0 Å². The predicted octanol–water partition coefficient (Wildman–Crippen LogP) is 5.68. The van der Waals surface area contributed by atoms with Gasteiger partial charge in [0, 0.05) is 5.70 Å². The molecule has 3 fully saturated rings. The molecular formula is C25H39NO2. The van der Waals surface area contributed by atoms with Crippen LogP contribution in [0.1, 0.15) is 79.6 Å². The van der Waals surface area contributed by atoms with Crippen molar-refractivity contribution in [3.05, 3.63) is 34.6 Å². The molecule has 4 rings (SSSR count). The Morgan fingerprint density at radius 2 is 1.86 bits per heavy atom. The second-order valence-corrected chi connectivity index (χ2v) is 10.7. The minimum Gasteiger partial charge on any atom is -0.393 e. The smallest absolute Gasteiger partial charge is 0.0768 e. The lowest BCUT2D eigenvalue weighted by Gasteiger charge is -2.54. The summed E-state index contributed by atoms with van der Waals surface area (Å²) in [6, 6.07) is 0. The third-order valence-corrected chi connectivity index (χ3v) is 8.43. The lowest BCUT2D eigenvalue weighted by molar-refractivity contribution is 0.0405. The van der Waals surface area contributed by atoms with Gasteiger partial charge in [-0.1, -0.05) is 51.0 Å². The van der Waals surface area contributed by atoms with Crippen molar-refractivity contribution in [3.63, 3.8) is 0 Å². The molecule has 1 unspecified atom stereocenters. The Bertz CT molecular complexity index is 718. The van der Waals surface area contributed by atoms with Crippen LogP contribution in [-0.2, 0) is 4.84 Å². The minimum absolute atomic E-state index is 0.135. The van der Waals surface area contributed by atoms with Crippen molar-refractivity contribution in [1.29, 1.82) is 0 Å². The van der Waals surface area contributed by atoms with Crippen molar-refractivity contribution in [2.75, 3.05) is 6.61 Å². The summed E-state index contributed by atoms with van der Waals surface area (Å²) in [6.45, 7) is 12.3. The van der Waals surface area contributed by atoms with Gasteiger partial charge in [-0.05, 0) is 86.0 Å². The van der Waals surface area contributed by atoms with Crippen LogP contribution in [0.4, 0.5) is 0 Å². The second kappa shape index (κ2) is 7.32. The Hall–Kier alpha value is -1.06. The summed E-state index contributed by atoms with van der Waals surface area (Å²) in [7, 11) is 0. The van der Waals surface area contributed by atoms with E-state index in [4.69, 9.17) is 4.84 Å². The average molecular weight is 386 g/mol. The minimum atomic E-state index is -0.135. The van der Waals surface area contributed by atoms with E-state index < -0.39 is 0 Å². The van der Waals surface area contributed by atoms with Gasteiger partial charge in [0.05, 0.1) is 12.7 Å². The first kappa shape index (κ1) is 20.2. The Morgan fingerprint density at radius 3 is 2.61 bits per heavy atom. The summed E-state index contributed by atoms with van der Waals surface area (Å²) in [5.74, 6) is 1.86. The molecule has 0 heterocycles. The molecule has 0 bridgehead atoms. The number of allylic oxidation sites excluding steroid dienone is 5. The fourth-order valence-corrected chi connectivity index (χ4v) is 6.80. The van der Waals surface area contributed by atoms with Crippen LogP contribution in [0.3, 0.4) is 0 Å². The summed E-state index contributed by atoms with van der Waals surface area (Å²) in [4.78, 5) is 5.74. The molecule has 4 aliphatic rings. The van der Waals surface area contributed by atoms with Crippen LogP contribution >= 0.6 is 0 Å². The van der Waals surface area contributed by atoms with E-state index in [1.165, 1.54) is 37.0 Å². The summed E-state index contributed by atoms with van der Waals surface area (Å²) >= 11 is 0. The molecule has 3 saturated carbocycles. The maximum Gasteiger partial charge on any atom is 0.0768 e. The van der Waals surface area contributed by atoms with Crippen molar-refractivity contribution in [1.82, 2.24) is 5.48 Å². The van der Waals surface area contributed by atoms with E-state index >= 15 is 0 Å². The Kier molecular flexibility index (Phi) is 5.29. The standard InChI is InChI=1S/C25H39NO2/c1-16(2)15-28-26-17(3)21-8-9-22-20-7-6-18-14-19(27)10-12-24(18,4)23(20)11-13-25(21,22)5/h6-7,16,19,22-23,26-27H,8-15H2,1-5H3/t19?,22-,23-,24-,25+/m0/s1. The first-order valence-corrected chi connectivity index (χ1v) is 11.4. The van der Waals surface area contributed by atoms with Crippen LogP contribution in [0.15, 0.2) is 34.6 Å². The zero-order valence-corrected chi connectivity index (χ0v) is 18.5. The Balaban J connectivity index is 1.59. The van der Waals surface area contributed by atoms with E-state index in [0.717, 1.165) is 25.9 Å². The summed E-state index contributed by atoms with van der Waals surface area (Å²) in [5, 5.41) is 10.2. The highest BCUT2D eigenvalue weighted by atomic mass is 16.6. The van der Waals surface area contributed by atoms with Crippen LogP contribution in [-0.4, -0.2) is 17.8 Å². The van der Waals surface area contributed by atoms with Gasteiger partial charge in [0.15, 0.2) is 0 Å². The molecule has 0 aromatic rings. The number of rotatable bonds is 4. The molecule has 0 spiro atoms. The molecule has 4 aliphatic carbocycles. The number of nitrogens with one attached hydrogen (secondary N) is 1. The molecule has 3 heteroatoms. The van der Waals surface area contributed by atoms with Gasteiger partial charge in [0.2, 0.25) is 0 Å². The van der Waals surface area contributed by atoms with Gasteiger partial charge in [-0.25, -0.2) is 0 Å². The monoisotopic (exact) mass is 385 g/mol. The highest BCUT2D eigenvalue weighted by Crippen LogP contribution is 2.65. The van der Waals surface area contributed by atoms with Crippen molar-refractivity contribution in [3.8, 4) is 0 Å². The Labute approximate surface area is 171 Å². The highest BCUT2D eigenvalue weighted by molar-refractivity contribution is 5.42. The normalized spacial score (nSPS) is 41.6. The molecule has 5 atom stereocenters. The van der Waals surface area contributed by atoms with Gasteiger partial charge in [0.25, 0.3) is 0 Å². The molecule has 0 saturated heterocycles. The summed E-state index contributed by atoms with van der Waals surface area (Å²) in [5.41, 5.74) is 9.81. The lowest BCUT2D eigenvalue weighted by Crippen LogP contribution is -2.45. The quantitative estimate of drug-likeness (QED) is 0.612. The van der Waals surface area contributed by atoms with Gasteiger partial charge in [0.1, 0.15) is 0 Å². The summed E-state index contributed by atoms with van der Waals surface area (Å²) < 4.78 is 0. The van der Waals surface area contributed by atoms with Crippen molar-refractivity contribution in [2.24, 2.45) is 28.6 Å². The van der Waals surface area contributed by atoms with Crippen LogP contribution < -0.4 is 5.48 Å². The first-order valence-electron chi connectivity index (χ1n) is 11.4. The van der Waals surface area contributed by atoms with Gasteiger partial charge >= 0.3 is 0 Å². The third kappa shape index (κ3) is 3.19. The topological polar surface area (TPSA) is 41.5 Å². The van der Waals surface area contributed by atoms with E-state index in [1.807, 2.05) is 0 Å². The number of hydroxylamine groups is 1. The average Bonchev–Trinajstić information content (AvgIpc) is 2.99. The zero-order chi connectivity index (χ0) is 20.1. The molecule has 0 amide bonds. The largest absolute Gasteiger partial charge is 0.393 e. The number of hydrogen-bond donors (Lipinski definition) is 2. The number of aliphatic hydroxyl groups is 1. The van der Waals surface area contributed by atoms with Crippen molar-refractivity contribution < 1.29 is 9.94 Å². The molecule has 0 radical (unpaired) electrons. The Morgan fingerprint density at radius 1 is 1.14 bits per heavy atom. The number of fused-ring (bicyclic) bond motifs is 5. The molecule has 0 aromatic carbocycles. The summed E-state index contributed by atoms with van der Waals surface area (Å²) in [6.07, 6.45) is 12.6. The van der Waals surface area contributed by atoms with E-state index in [2.05, 4.69) is 52.3 Å².